The first kappa shape index (κ1) is 15.0. The Bertz CT molecular complexity index is 373. The van der Waals surface area contributed by atoms with Gasteiger partial charge in [0.15, 0.2) is 0 Å². The molecule has 0 aromatic heterocycles. The molecule has 3 heteroatoms. The van der Waals surface area contributed by atoms with Crippen molar-refractivity contribution in [3.63, 3.8) is 0 Å². The summed E-state index contributed by atoms with van der Waals surface area (Å²) in [6, 6.07) is 9.20. The number of ketones is 1. The van der Waals surface area contributed by atoms with Crippen molar-refractivity contribution in [2.75, 3.05) is 5.75 Å². The van der Waals surface area contributed by atoms with Gasteiger partial charge in [-0.3, -0.25) is 9.59 Å². The van der Waals surface area contributed by atoms with Crippen LogP contribution in [0.15, 0.2) is 30.3 Å². The number of hydrogen-bond acceptors (Lipinski definition) is 3. The molecule has 0 radical (unpaired) electrons. The van der Waals surface area contributed by atoms with Crippen LogP contribution in [0.1, 0.15) is 49.4 Å². The van der Waals surface area contributed by atoms with Crippen LogP contribution in [0.25, 0.3) is 0 Å². The van der Waals surface area contributed by atoms with Gasteiger partial charge in [-0.2, -0.15) is 0 Å². The molecule has 0 aliphatic rings. The number of rotatable bonds is 8. The Labute approximate surface area is 113 Å². The first-order valence-corrected chi connectivity index (χ1v) is 7.46. The van der Waals surface area contributed by atoms with Crippen molar-refractivity contribution in [1.29, 1.82) is 0 Å². The topological polar surface area (TPSA) is 34.1 Å². The second-order valence-corrected chi connectivity index (χ2v) is 5.32. The van der Waals surface area contributed by atoms with Crippen molar-refractivity contribution in [1.82, 2.24) is 0 Å². The van der Waals surface area contributed by atoms with Crippen molar-refractivity contribution in [3.05, 3.63) is 35.9 Å². The third kappa shape index (κ3) is 6.01. The second-order valence-electron chi connectivity index (χ2n) is 4.25. The molecule has 0 N–H and O–H groups in total. The maximum atomic E-state index is 11.7. The number of unbranched alkanes of at least 4 members (excludes halogenated alkanes) is 2. The minimum absolute atomic E-state index is 0.0527. The highest BCUT2D eigenvalue weighted by Crippen LogP contribution is 2.14. The fourth-order valence-corrected chi connectivity index (χ4v) is 2.43. The van der Waals surface area contributed by atoms with Crippen LogP contribution in [0.5, 0.6) is 0 Å². The molecule has 0 aliphatic heterocycles. The highest BCUT2D eigenvalue weighted by molar-refractivity contribution is 8.14. The predicted molar refractivity (Wildman–Crippen MR) is 77.0 cm³/mol. The maximum absolute atomic E-state index is 11.7. The van der Waals surface area contributed by atoms with Crippen LogP contribution in [0.3, 0.4) is 0 Å². The number of Topliss-reactive ketones (excluding diaryl/α,β-unsaturated/α-hetero) is 1. The second kappa shape index (κ2) is 8.92. The summed E-state index contributed by atoms with van der Waals surface area (Å²) in [5.74, 6) is 0.871. The summed E-state index contributed by atoms with van der Waals surface area (Å²) in [6.07, 6.45) is 4.39. The van der Waals surface area contributed by atoms with E-state index in [1.54, 1.807) is 12.1 Å². The van der Waals surface area contributed by atoms with E-state index < -0.39 is 0 Å². The predicted octanol–water partition coefficient (Wildman–Crippen LogP) is 4.10. The lowest BCUT2D eigenvalue weighted by Gasteiger charge is -2.01. The summed E-state index contributed by atoms with van der Waals surface area (Å²) in [7, 11) is 0. The lowest BCUT2D eigenvalue weighted by molar-refractivity contribution is -0.118. The third-order valence-electron chi connectivity index (χ3n) is 2.68. The Morgan fingerprint density at radius 3 is 2.44 bits per heavy atom. The quantitative estimate of drug-likeness (QED) is 0.663. The van der Waals surface area contributed by atoms with E-state index in [0.29, 0.717) is 24.2 Å². The zero-order valence-electron chi connectivity index (χ0n) is 10.9. The SMILES string of the molecule is CCCCCC(=O)CCSC(=O)c1ccccc1. The lowest BCUT2D eigenvalue weighted by atomic mass is 10.1. The third-order valence-corrected chi connectivity index (χ3v) is 3.59. The van der Waals surface area contributed by atoms with Crippen molar-refractivity contribution in [2.24, 2.45) is 0 Å². The molecule has 0 unspecified atom stereocenters. The molecule has 1 aromatic rings. The molecule has 0 aliphatic carbocycles. The molecular weight excluding hydrogens is 244 g/mol. The van der Waals surface area contributed by atoms with E-state index in [-0.39, 0.29) is 10.9 Å². The van der Waals surface area contributed by atoms with E-state index in [1.807, 2.05) is 18.2 Å². The molecule has 0 spiro atoms. The first-order valence-electron chi connectivity index (χ1n) is 6.48. The van der Waals surface area contributed by atoms with E-state index in [0.717, 1.165) is 19.3 Å². The van der Waals surface area contributed by atoms with Gasteiger partial charge in [-0.15, -0.1) is 0 Å². The average molecular weight is 264 g/mol. The number of thioether (sulfide) groups is 1. The molecule has 98 valence electrons. The fourth-order valence-electron chi connectivity index (χ4n) is 1.61. The summed E-state index contributed by atoms with van der Waals surface area (Å²) in [5, 5.41) is 0.0527. The van der Waals surface area contributed by atoms with Gasteiger partial charge >= 0.3 is 0 Å². The van der Waals surface area contributed by atoms with Crippen molar-refractivity contribution in [2.45, 2.75) is 39.0 Å². The van der Waals surface area contributed by atoms with Gasteiger partial charge in [0, 0.05) is 24.2 Å². The summed E-state index contributed by atoms with van der Waals surface area (Å²) in [5.41, 5.74) is 0.709. The average Bonchev–Trinajstić information content (AvgIpc) is 2.40. The monoisotopic (exact) mass is 264 g/mol. The highest BCUT2D eigenvalue weighted by Gasteiger charge is 2.07. The minimum Gasteiger partial charge on any atom is -0.300 e. The van der Waals surface area contributed by atoms with Gasteiger partial charge in [0.05, 0.1) is 0 Å². The lowest BCUT2D eigenvalue weighted by Crippen LogP contribution is -2.01. The Morgan fingerprint density at radius 1 is 1.06 bits per heavy atom. The van der Waals surface area contributed by atoms with Gasteiger partial charge in [0.2, 0.25) is 5.12 Å². The van der Waals surface area contributed by atoms with Crippen molar-refractivity contribution < 1.29 is 9.59 Å². The zero-order chi connectivity index (χ0) is 13.2. The molecule has 0 amide bonds. The zero-order valence-corrected chi connectivity index (χ0v) is 11.7. The smallest absolute Gasteiger partial charge is 0.219 e. The van der Waals surface area contributed by atoms with Gasteiger partial charge < -0.3 is 0 Å². The molecule has 1 aromatic carbocycles. The minimum atomic E-state index is 0.0527. The Balaban J connectivity index is 2.18. The summed E-state index contributed by atoms with van der Waals surface area (Å²) in [4.78, 5) is 23.2. The van der Waals surface area contributed by atoms with E-state index in [4.69, 9.17) is 0 Å². The highest BCUT2D eigenvalue weighted by atomic mass is 32.2. The number of benzene rings is 1. The molecule has 0 fully saturated rings. The normalized spacial score (nSPS) is 10.3. The van der Waals surface area contributed by atoms with E-state index in [2.05, 4.69) is 6.92 Å². The van der Waals surface area contributed by atoms with Gasteiger partial charge in [-0.25, -0.2) is 0 Å². The Morgan fingerprint density at radius 2 is 1.78 bits per heavy atom. The van der Waals surface area contributed by atoms with Crippen molar-refractivity contribution in [3.8, 4) is 0 Å². The van der Waals surface area contributed by atoms with Crippen LogP contribution in [0.2, 0.25) is 0 Å². The van der Waals surface area contributed by atoms with Crippen LogP contribution in [0, 0.1) is 0 Å². The molecule has 1 rings (SSSR count). The molecule has 2 nitrogen and oxygen atoms in total. The molecule has 0 atom stereocenters. The fraction of sp³-hybridized carbons (Fsp3) is 0.467. The van der Waals surface area contributed by atoms with E-state index in [1.165, 1.54) is 11.8 Å². The number of carbonyl (C=O) groups is 2. The molecule has 0 heterocycles. The van der Waals surface area contributed by atoms with Crippen LogP contribution >= 0.6 is 11.8 Å². The van der Waals surface area contributed by atoms with Crippen molar-refractivity contribution >= 4 is 22.7 Å². The van der Waals surface area contributed by atoms with E-state index in [9.17, 15) is 9.59 Å². The molecule has 0 saturated heterocycles. The molecule has 0 saturated carbocycles. The van der Waals surface area contributed by atoms with Gasteiger partial charge in [-0.05, 0) is 6.42 Å². The largest absolute Gasteiger partial charge is 0.300 e. The van der Waals surface area contributed by atoms with Gasteiger partial charge in [-0.1, -0.05) is 61.9 Å². The summed E-state index contributed by atoms with van der Waals surface area (Å²) in [6.45, 7) is 2.12. The van der Waals surface area contributed by atoms with Gasteiger partial charge in [0.25, 0.3) is 0 Å². The summed E-state index contributed by atoms with van der Waals surface area (Å²) >= 11 is 1.24. The van der Waals surface area contributed by atoms with Crippen LogP contribution in [-0.4, -0.2) is 16.7 Å². The Kier molecular flexibility index (Phi) is 7.42. The van der Waals surface area contributed by atoms with Gasteiger partial charge in [0.1, 0.15) is 5.78 Å². The van der Waals surface area contributed by atoms with Crippen LogP contribution in [-0.2, 0) is 4.79 Å². The standard InChI is InChI=1S/C15H20O2S/c1-2-3-5-10-14(16)11-12-18-15(17)13-8-6-4-7-9-13/h4,6-9H,2-3,5,10-12H2,1H3. The van der Waals surface area contributed by atoms with Crippen LogP contribution < -0.4 is 0 Å². The van der Waals surface area contributed by atoms with Crippen LogP contribution in [0.4, 0.5) is 0 Å². The van der Waals surface area contributed by atoms with E-state index >= 15 is 0 Å². The molecule has 0 bridgehead atoms. The Hall–Kier alpha value is -1.09. The maximum Gasteiger partial charge on any atom is 0.219 e. The molecule has 18 heavy (non-hydrogen) atoms. The summed E-state index contributed by atoms with van der Waals surface area (Å²) < 4.78 is 0. The number of hydrogen-bond donors (Lipinski definition) is 0. The first-order chi connectivity index (χ1) is 8.74. The molecular formula is C15H20O2S. The number of carbonyl (C=O) groups excluding carboxylic acids is 2.